The number of hydrogen-bond acceptors (Lipinski definition) is 3. The summed E-state index contributed by atoms with van der Waals surface area (Å²) in [5, 5.41) is 6.36. The summed E-state index contributed by atoms with van der Waals surface area (Å²) in [6, 6.07) is 0. The molecular weight excluding hydrogens is 180 g/mol. The molecule has 0 unspecified atom stereocenters. The van der Waals surface area contributed by atoms with Gasteiger partial charge >= 0.3 is 6.09 Å². The van der Waals surface area contributed by atoms with Crippen LogP contribution in [0.2, 0.25) is 0 Å². The van der Waals surface area contributed by atoms with E-state index < -0.39 is 0 Å². The Bertz CT molecular complexity index is 267. The van der Waals surface area contributed by atoms with Gasteiger partial charge in [-0.15, -0.1) is 0 Å². The highest BCUT2D eigenvalue weighted by atomic mass is 16.6. The normalized spacial score (nSPS) is 32.4. The zero-order valence-electron chi connectivity index (χ0n) is 8.27. The Labute approximate surface area is 83.4 Å². The molecule has 0 aromatic carbocycles. The highest BCUT2D eigenvalue weighted by molar-refractivity contribution is 5.73. The number of fused-ring (bicyclic) bond motifs is 1. The smallest absolute Gasteiger partial charge is 0.408 e. The first-order valence-corrected chi connectivity index (χ1v) is 5.48. The second kappa shape index (κ2) is 2.63. The summed E-state index contributed by atoms with van der Waals surface area (Å²) in [6.07, 6.45) is 5.14. The van der Waals surface area contributed by atoms with Gasteiger partial charge in [0.2, 0.25) is 0 Å². The molecule has 1 aliphatic carbocycles. The van der Waals surface area contributed by atoms with Crippen LogP contribution in [0.4, 0.5) is 4.79 Å². The Morgan fingerprint density at radius 3 is 2.43 bits per heavy atom. The molecule has 1 amide bonds. The number of piperidine rings is 1. The highest BCUT2D eigenvalue weighted by Crippen LogP contribution is 2.50. The topological polar surface area (TPSA) is 50.4 Å². The molecule has 1 saturated carbocycles. The van der Waals surface area contributed by atoms with E-state index in [4.69, 9.17) is 4.74 Å². The van der Waals surface area contributed by atoms with Crippen LogP contribution in [0, 0.1) is 0 Å². The molecule has 2 saturated heterocycles. The van der Waals surface area contributed by atoms with Gasteiger partial charge in [-0.3, -0.25) is 0 Å². The van der Waals surface area contributed by atoms with Crippen molar-refractivity contribution in [2.75, 3.05) is 13.1 Å². The summed E-state index contributed by atoms with van der Waals surface area (Å²) in [7, 11) is 0. The zero-order valence-corrected chi connectivity index (χ0v) is 8.27. The first-order chi connectivity index (χ1) is 6.77. The van der Waals surface area contributed by atoms with Crippen molar-refractivity contribution >= 4 is 6.09 Å². The lowest BCUT2D eigenvalue weighted by atomic mass is 9.63. The third-order valence-electron chi connectivity index (χ3n) is 4.12. The minimum absolute atomic E-state index is 0.00775. The van der Waals surface area contributed by atoms with Crippen molar-refractivity contribution in [1.29, 1.82) is 0 Å². The lowest BCUT2D eigenvalue weighted by Crippen LogP contribution is -2.64. The molecule has 0 radical (unpaired) electrons. The van der Waals surface area contributed by atoms with E-state index in [2.05, 4.69) is 10.6 Å². The molecule has 3 fully saturated rings. The minimum Gasteiger partial charge on any atom is -0.440 e. The van der Waals surface area contributed by atoms with Crippen molar-refractivity contribution in [3.63, 3.8) is 0 Å². The number of hydrogen-bond donors (Lipinski definition) is 2. The summed E-state index contributed by atoms with van der Waals surface area (Å²) >= 11 is 0. The third-order valence-corrected chi connectivity index (χ3v) is 4.12. The first-order valence-electron chi connectivity index (χ1n) is 5.48. The van der Waals surface area contributed by atoms with Crippen LogP contribution in [0.25, 0.3) is 0 Å². The van der Waals surface area contributed by atoms with E-state index in [0.29, 0.717) is 0 Å². The average molecular weight is 196 g/mol. The van der Waals surface area contributed by atoms with Crippen molar-refractivity contribution in [1.82, 2.24) is 10.6 Å². The van der Waals surface area contributed by atoms with E-state index in [-0.39, 0.29) is 17.2 Å². The van der Waals surface area contributed by atoms with Crippen LogP contribution in [0.3, 0.4) is 0 Å². The maximum absolute atomic E-state index is 11.4. The molecule has 4 heteroatoms. The standard InChI is InChI=1S/C10H16N2O2/c13-8-12-9(2-1-3-9)10(14-8)4-6-11-7-5-10/h11H,1-7H2,(H,12,13). The molecule has 0 aromatic heterocycles. The second-order valence-electron chi connectivity index (χ2n) is 4.69. The molecule has 0 aromatic rings. The maximum Gasteiger partial charge on any atom is 0.408 e. The molecule has 3 aliphatic rings. The van der Waals surface area contributed by atoms with Crippen molar-refractivity contribution in [3.05, 3.63) is 0 Å². The highest BCUT2D eigenvalue weighted by Gasteiger charge is 2.62. The summed E-state index contributed by atoms with van der Waals surface area (Å²) in [4.78, 5) is 11.4. The van der Waals surface area contributed by atoms with Gasteiger partial charge in [0.25, 0.3) is 0 Å². The van der Waals surface area contributed by atoms with Gasteiger partial charge in [-0.2, -0.15) is 0 Å². The van der Waals surface area contributed by atoms with Crippen molar-refractivity contribution in [3.8, 4) is 0 Å². The lowest BCUT2D eigenvalue weighted by molar-refractivity contribution is -0.0548. The molecular formula is C10H16N2O2. The second-order valence-corrected chi connectivity index (χ2v) is 4.69. The largest absolute Gasteiger partial charge is 0.440 e. The van der Waals surface area contributed by atoms with Crippen LogP contribution in [0.5, 0.6) is 0 Å². The van der Waals surface area contributed by atoms with Crippen LogP contribution in [-0.4, -0.2) is 30.3 Å². The first kappa shape index (κ1) is 8.53. The van der Waals surface area contributed by atoms with Gasteiger partial charge in [-0.1, -0.05) is 0 Å². The number of carbonyl (C=O) groups excluding carboxylic acids is 1. The Kier molecular flexibility index (Phi) is 1.60. The third kappa shape index (κ3) is 0.895. The van der Waals surface area contributed by atoms with Gasteiger partial charge in [0.05, 0.1) is 5.54 Å². The predicted molar refractivity (Wildman–Crippen MR) is 51.0 cm³/mol. The van der Waals surface area contributed by atoms with E-state index in [1.807, 2.05) is 0 Å². The molecule has 0 atom stereocenters. The summed E-state index contributed by atoms with van der Waals surface area (Å²) in [5.74, 6) is 0. The number of nitrogens with one attached hydrogen (secondary N) is 2. The number of rotatable bonds is 0. The van der Waals surface area contributed by atoms with Crippen LogP contribution >= 0.6 is 0 Å². The molecule has 2 spiro atoms. The van der Waals surface area contributed by atoms with Gasteiger partial charge < -0.3 is 15.4 Å². The van der Waals surface area contributed by atoms with Crippen LogP contribution in [0.1, 0.15) is 32.1 Å². The van der Waals surface area contributed by atoms with E-state index in [1.54, 1.807) is 0 Å². The van der Waals surface area contributed by atoms with Gasteiger partial charge in [0.1, 0.15) is 5.60 Å². The SMILES string of the molecule is O=C1NC2(CCC2)C2(CCNCC2)O1. The summed E-state index contributed by atoms with van der Waals surface area (Å²) in [5.41, 5.74) is -0.195. The monoisotopic (exact) mass is 196 g/mol. The van der Waals surface area contributed by atoms with Gasteiger partial charge in [0, 0.05) is 12.8 Å². The molecule has 2 N–H and O–H groups in total. The summed E-state index contributed by atoms with van der Waals surface area (Å²) in [6.45, 7) is 1.94. The fraction of sp³-hybridized carbons (Fsp3) is 0.900. The predicted octanol–water partition coefficient (Wildman–Crippen LogP) is 0.771. The number of ether oxygens (including phenoxy) is 1. The van der Waals surface area contributed by atoms with E-state index in [1.165, 1.54) is 6.42 Å². The Morgan fingerprint density at radius 2 is 1.86 bits per heavy atom. The quantitative estimate of drug-likeness (QED) is 0.601. The van der Waals surface area contributed by atoms with Crippen molar-refractivity contribution < 1.29 is 9.53 Å². The molecule has 78 valence electrons. The number of amides is 1. The van der Waals surface area contributed by atoms with Crippen molar-refractivity contribution in [2.45, 2.75) is 43.2 Å². The van der Waals surface area contributed by atoms with Gasteiger partial charge in [0.15, 0.2) is 0 Å². The van der Waals surface area contributed by atoms with E-state index in [9.17, 15) is 4.79 Å². The fourth-order valence-electron chi connectivity index (χ4n) is 3.13. The maximum atomic E-state index is 11.4. The lowest BCUT2D eigenvalue weighted by Gasteiger charge is -2.50. The molecule has 14 heavy (non-hydrogen) atoms. The average Bonchev–Trinajstić information content (AvgIpc) is 2.39. The molecule has 2 heterocycles. The summed E-state index contributed by atoms with van der Waals surface area (Å²) < 4.78 is 5.56. The molecule has 0 bridgehead atoms. The Balaban J connectivity index is 1.91. The molecule has 3 rings (SSSR count). The van der Waals surface area contributed by atoms with Gasteiger partial charge in [-0.25, -0.2) is 4.79 Å². The molecule has 4 nitrogen and oxygen atoms in total. The van der Waals surface area contributed by atoms with Crippen LogP contribution < -0.4 is 10.6 Å². The molecule has 2 aliphatic heterocycles. The Hall–Kier alpha value is -0.770. The fourth-order valence-corrected chi connectivity index (χ4v) is 3.13. The zero-order chi connectivity index (χ0) is 9.65. The van der Waals surface area contributed by atoms with Crippen LogP contribution in [-0.2, 0) is 4.74 Å². The van der Waals surface area contributed by atoms with Crippen LogP contribution in [0.15, 0.2) is 0 Å². The van der Waals surface area contributed by atoms with E-state index >= 15 is 0 Å². The minimum atomic E-state index is -0.202. The van der Waals surface area contributed by atoms with E-state index in [0.717, 1.165) is 38.8 Å². The van der Waals surface area contributed by atoms with Crippen molar-refractivity contribution in [2.24, 2.45) is 0 Å². The number of carbonyl (C=O) groups is 1. The van der Waals surface area contributed by atoms with Gasteiger partial charge in [-0.05, 0) is 32.4 Å². The Morgan fingerprint density at radius 1 is 1.14 bits per heavy atom. The number of alkyl carbamates (subject to hydrolysis) is 1.